The molecule has 1 saturated carbocycles. The first-order chi connectivity index (χ1) is 9.65. The zero-order valence-electron chi connectivity index (χ0n) is 11.5. The van der Waals surface area contributed by atoms with E-state index in [0.717, 1.165) is 12.0 Å². The molecule has 0 spiro atoms. The maximum atomic E-state index is 12.5. The van der Waals surface area contributed by atoms with Gasteiger partial charge in [-0.2, -0.15) is 0 Å². The minimum Gasteiger partial charge on any atom is -0.278 e. The Morgan fingerprint density at radius 1 is 1.00 bits per heavy atom. The monoisotopic (exact) mass is 267 g/mol. The van der Waals surface area contributed by atoms with Crippen LogP contribution in [-0.4, -0.2) is 16.7 Å². The summed E-state index contributed by atoms with van der Waals surface area (Å²) in [4.78, 5) is 26.5. The van der Waals surface area contributed by atoms with Gasteiger partial charge in [-0.05, 0) is 30.7 Å². The molecule has 1 aromatic rings. The van der Waals surface area contributed by atoms with Gasteiger partial charge in [0.1, 0.15) is 0 Å². The molecule has 0 N–H and O–H groups in total. The van der Waals surface area contributed by atoms with E-state index in [-0.39, 0.29) is 23.7 Å². The third-order valence-electron chi connectivity index (χ3n) is 5.02. The Hall–Kier alpha value is -1.90. The molecule has 3 nitrogen and oxygen atoms in total. The smallest absolute Gasteiger partial charge is 0.234 e. The Labute approximate surface area is 118 Å². The van der Waals surface area contributed by atoms with Crippen molar-refractivity contribution in [1.82, 2.24) is 4.90 Å². The highest BCUT2D eigenvalue weighted by atomic mass is 16.2. The number of hydrogen-bond donors (Lipinski definition) is 0. The van der Waals surface area contributed by atoms with Crippen molar-refractivity contribution in [3.63, 3.8) is 0 Å². The van der Waals surface area contributed by atoms with Crippen LogP contribution in [0.25, 0.3) is 0 Å². The molecule has 1 aliphatic heterocycles. The van der Waals surface area contributed by atoms with E-state index in [1.165, 1.54) is 10.5 Å². The summed E-state index contributed by atoms with van der Waals surface area (Å²) in [7, 11) is 0. The Morgan fingerprint density at radius 3 is 2.10 bits per heavy atom. The average molecular weight is 267 g/mol. The highest BCUT2D eigenvalue weighted by Crippen LogP contribution is 2.52. The fourth-order valence-electron chi connectivity index (χ4n) is 4.00. The minimum absolute atomic E-state index is 0.0393. The number of hydrogen-bond acceptors (Lipinski definition) is 2. The summed E-state index contributed by atoms with van der Waals surface area (Å²) in [6, 6.07) is 8.03. The summed E-state index contributed by atoms with van der Waals surface area (Å²) in [5.41, 5.74) is 2.21. The molecule has 1 aromatic carbocycles. The van der Waals surface area contributed by atoms with E-state index in [1.807, 2.05) is 31.2 Å². The molecule has 0 unspecified atom stereocenters. The first-order valence-corrected chi connectivity index (χ1v) is 7.24. The Morgan fingerprint density at radius 2 is 1.55 bits per heavy atom. The van der Waals surface area contributed by atoms with Crippen molar-refractivity contribution < 1.29 is 9.59 Å². The summed E-state index contributed by atoms with van der Waals surface area (Å²) in [5.74, 6) is 0.509. The topological polar surface area (TPSA) is 37.4 Å². The van der Waals surface area contributed by atoms with Crippen LogP contribution in [0.4, 0.5) is 0 Å². The van der Waals surface area contributed by atoms with Gasteiger partial charge in [0.2, 0.25) is 11.8 Å². The third-order valence-corrected chi connectivity index (χ3v) is 5.02. The van der Waals surface area contributed by atoms with E-state index >= 15 is 0 Å². The first kappa shape index (κ1) is 11.9. The molecule has 2 bridgehead atoms. The Balaban J connectivity index is 1.60. The van der Waals surface area contributed by atoms with Gasteiger partial charge in [-0.25, -0.2) is 0 Å². The van der Waals surface area contributed by atoms with Crippen LogP contribution >= 0.6 is 0 Å². The molecule has 0 aromatic heterocycles. The number of amides is 2. The van der Waals surface area contributed by atoms with E-state index in [1.54, 1.807) is 0 Å². The van der Waals surface area contributed by atoms with Crippen molar-refractivity contribution in [3.05, 3.63) is 47.5 Å². The van der Waals surface area contributed by atoms with E-state index in [9.17, 15) is 9.59 Å². The number of carbonyl (C=O) groups excluding carboxylic acids is 2. The number of allylic oxidation sites excluding steroid dienone is 2. The van der Waals surface area contributed by atoms with Gasteiger partial charge in [0.05, 0.1) is 18.4 Å². The lowest BCUT2D eigenvalue weighted by atomic mass is 9.85. The van der Waals surface area contributed by atoms with E-state index in [2.05, 4.69) is 12.2 Å². The average Bonchev–Trinajstić information content (AvgIpc) is 3.11. The van der Waals surface area contributed by atoms with Gasteiger partial charge in [0, 0.05) is 0 Å². The molecule has 4 atom stereocenters. The lowest BCUT2D eigenvalue weighted by molar-refractivity contribution is -0.141. The number of imide groups is 1. The molecule has 3 heteroatoms. The predicted molar refractivity (Wildman–Crippen MR) is 74.5 cm³/mol. The van der Waals surface area contributed by atoms with Crippen molar-refractivity contribution in [3.8, 4) is 0 Å². The molecular formula is C17H17NO2. The second kappa shape index (κ2) is 4.05. The molecule has 2 amide bonds. The van der Waals surface area contributed by atoms with E-state index in [0.29, 0.717) is 18.4 Å². The number of carbonyl (C=O) groups is 2. The van der Waals surface area contributed by atoms with Gasteiger partial charge >= 0.3 is 0 Å². The van der Waals surface area contributed by atoms with Gasteiger partial charge in [0.15, 0.2) is 0 Å². The Kier molecular flexibility index (Phi) is 2.40. The molecule has 0 radical (unpaired) electrons. The quantitative estimate of drug-likeness (QED) is 0.609. The van der Waals surface area contributed by atoms with E-state index < -0.39 is 0 Å². The number of rotatable bonds is 2. The molecule has 102 valence electrons. The van der Waals surface area contributed by atoms with Crippen LogP contribution in [0.2, 0.25) is 0 Å². The normalized spacial score (nSPS) is 34.1. The summed E-state index contributed by atoms with van der Waals surface area (Å²) < 4.78 is 0. The van der Waals surface area contributed by atoms with Crippen molar-refractivity contribution in [2.75, 3.05) is 0 Å². The standard InChI is InChI=1S/C17H17NO2/c1-10-2-4-11(5-3-10)9-18-16(19)14-12-6-7-13(8-12)15(14)17(18)20/h2-7,12-15H,8-9H2,1H3/t12-,13+,14-,15-/m0/s1. The third kappa shape index (κ3) is 1.52. The first-order valence-electron chi connectivity index (χ1n) is 7.24. The summed E-state index contributed by atoms with van der Waals surface area (Å²) in [6.07, 6.45) is 5.25. The van der Waals surface area contributed by atoms with Gasteiger partial charge in [-0.3, -0.25) is 14.5 Å². The number of likely N-dealkylation sites (tertiary alicyclic amines) is 1. The predicted octanol–water partition coefficient (Wildman–Crippen LogP) is 2.30. The second-order valence-electron chi connectivity index (χ2n) is 6.25. The minimum atomic E-state index is -0.0806. The number of benzene rings is 1. The SMILES string of the molecule is Cc1ccc(CN2C(=O)[C@@H]3[C@@H](C2=O)[C@H]2C=C[C@@H]3C2)cc1. The molecule has 4 rings (SSSR count). The summed E-state index contributed by atoms with van der Waals surface area (Å²) in [5, 5.41) is 0. The van der Waals surface area contributed by atoms with Crippen LogP contribution in [0.15, 0.2) is 36.4 Å². The molecule has 2 fully saturated rings. The zero-order valence-corrected chi connectivity index (χ0v) is 11.5. The molecule has 2 aliphatic carbocycles. The lowest BCUT2D eigenvalue weighted by Gasteiger charge is -2.17. The summed E-state index contributed by atoms with van der Waals surface area (Å²) >= 11 is 0. The fourth-order valence-corrected chi connectivity index (χ4v) is 4.00. The van der Waals surface area contributed by atoms with Crippen LogP contribution in [0, 0.1) is 30.6 Å². The largest absolute Gasteiger partial charge is 0.278 e. The fraction of sp³-hybridized carbons (Fsp3) is 0.412. The Bertz CT molecular complexity index is 586. The molecule has 1 heterocycles. The zero-order chi connectivity index (χ0) is 13.9. The van der Waals surface area contributed by atoms with Gasteiger partial charge in [0.25, 0.3) is 0 Å². The molecular weight excluding hydrogens is 250 g/mol. The highest BCUT2D eigenvalue weighted by Gasteiger charge is 2.59. The maximum Gasteiger partial charge on any atom is 0.234 e. The van der Waals surface area contributed by atoms with Crippen molar-refractivity contribution in [2.45, 2.75) is 19.9 Å². The van der Waals surface area contributed by atoms with Crippen LogP contribution in [0.1, 0.15) is 17.5 Å². The van der Waals surface area contributed by atoms with Crippen LogP contribution in [0.5, 0.6) is 0 Å². The van der Waals surface area contributed by atoms with Gasteiger partial charge in [-0.15, -0.1) is 0 Å². The number of fused-ring (bicyclic) bond motifs is 5. The number of nitrogens with zero attached hydrogens (tertiary/aromatic N) is 1. The van der Waals surface area contributed by atoms with Crippen molar-refractivity contribution >= 4 is 11.8 Å². The van der Waals surface area contributed by atoms with Gasteiger partial charge in [-0.1, -0.05) is 42.0 Å². The molecule has 1 saturated heterocycles. The lowest BCUT2D eigenvalue weighted by Crippen LogP contribution is -2.32. The van der Waals surface area contributed by atoms with Crippen LogP contribution < -0.4 is 0 Å². The van der Waals surface area contributed by atoms with E-state index in [4.69, 9.17) is 0 Å². The van der Waals surface area contributed by atoms with Gasteiger partial charge < -0.3 is 0 Å². The molecule has 3 aliphatic rings. The van der Waals surface area contributed by atoms with Crippen LogP contribution in [0.3, 0.4) is 0 Å². The van der Waals surface area contributed by atoms with Crippen molar-refractivity contribution in [2.24, 2.45) is 23.7 Å². The van der Waals surface area contributed by atoms with Crippen molar-refractivity contribution in [1.29, 1.82) is 0 Å². The summed E-state index contributed by atoms with van der Waals surface area (Å²) in [6.45, 7) is 2.45. The maximum absolute atomic E-state index is 12.5. The highest BCUT2D eigenvalue weighted by molar-refractivity contribution is 6.06. The van der Waals surface area contributed by atoms with Crippen LogP contribution in [-0.2, 0) is 16.1 Å². The number of aryl methyl sites for hydroxylation is 1. The second-order valence-corrected chi connectivity index (χ2v) is 6.25. The molecule has 20 heavy (non-hydrogen) atoms.